The van der Waals surface area contributed by atoms with Gasteiger partial charge in [-0.25, -0.2) is 4.98 Å². The molecule has 2 aromatic heterocycles. The number of rotatable bonds is 50. The van der Waals surface area contributed by atoms with Crippen LogP contribution in [0.2, 0.25) is 0 Å². The first-order valence-electron chi connectivity index (χ1n) is 35.0. The second kappa shape index (κ2) is 46.4. The highest BCUT2D eigenvalue weighted by atomic mass is 32.2. The number of hydrogen-bond acceptors (Lipinski definition) is 20. The maximum absolute atomic E-state index is 14.5. The number of carbonyl (C=O) groups is 15. The van der Waals surface area contributed by atoms with Crippen molar-refractivity contribution in [3.05, 3.63) is 54.2 Å². The maximum atomic E-state index is 14.5. The molecule has 106 heavy (non-hydrogen) atoms. The first-order valence-corrected chi connectivity index (χ1v) is 36.4. The van der Waals surface area contributed by atoms with Gasteiger partial charge in [0.1, 0.15) is 60.4 Å². The fourth-order valence-corrected chi connectivity index (χ4v) is 11.2. The molecular weight excluding hydrogens is 1400 g/mol. The molecule has 0 unspecified atom stereocenters. The summed E-state index contributed by atoms with van der Waals surface area (Å²) in [6.07, 6.45) is 5.97. The number of carbonyl (C=O) groups excluding carboxylic acids is 15. The Balaban J connectivity index is 1.83. The number of unbranched alkanes of at least 4 members (excludes halogenated alkanes) is 1. The summed E-state index contributed by atoms with van der Waals surface area (Å²) in [6.45, 7) is 10.5. The summed E-state index contributed by atoms with van der Waals surface area (Å²) >= 11 is 1.44. The third-order valence-corrected chi connectivity index (χ3v) is 17.1. The standard InChI is InChI=1S/C67H109N23O15S/c1-34(2)24-46(87-60(99)44(17-13-22-76-67(73)74)85-58(97)41(69)15-11-12-21-68)59(98)78-31-53(93)83-50(28-52(71)92)65(104)86-45(18-19-51(70)91)61(100)89-48(26-38-29-77-42-16-10-9-14-40(38)42)62(101)81-37(7)57(96)90-55(36(5)6)66(105)79-32-54(94)82-49(27-39-30-75-33-80-39)64(103)88-47(25-35(3)4)63(102)84-43(56(72)95)20-23-106-8/h9-10,14,16,29-30,33-37,41,43-50,55,77H,11-13,15,17-28,31-32,68-69H2,1-8H3,(H2,70,91)(H2,71,92)(H2,72,95)(H,75,80)(H,78,98)(H,79,105)(H,81,101)(H,82,94)(H,83,93)(H,84,102)(H,85,97)(H,86,104)(H,87,99)(H,88,103)(H,89,100)(H,90,96)(H4,73,74,76)/t37-,41-,43-,44-,45-,46-,47-,48-,49-,50-,55-/m0/s1. The molecular formula is C67H109N23O15S. The molecule has 0 spiro atoms. The lowest BCUT2D eigenvalue weighted by atomic mass is 10.0. The van der Waals surface area contributed by atoms with Crippen molar-refractivity contribution in [1.82, 2.24) is 78.8 Å². The zero-order valence-corrected chi connectivity index (χ0v) is 62.1. The Bertz CT molecular complexity index is 3490. The number of imidazole rings is 1. The van der Waals surface area contributed by atoms with Crippen LogP contribution >= 0.6 is 11.8 Å². The van der Waals surface area contributed by atoms with Gasteiger partial charge in [-0.15, -0.1) is 0 Å². The van der Waals surface area contributed by atoms with E-state index < -0.39 is 193 Å². The predicted molar refractivity (Wildman–Crippen MR) is 394 cm³/mol. The number of primary amides is 3. The van der Waals surface area contributed by atoms with Crippen LogP contribution in [-0.4, -0.2) is 214 Å². The van der Waals surface area contributed by atoms with Crippen LogP contribution in [0.4, 0.5) is 0 Å². The molecule has 0 aliphatic rings. The van der Waals surface area contributed by atoms with Gasteiger partial charge in [-0.1, -0.05) is 66.2 Å². The van der Waals surface area contributed by atoms with Crippen molar-refractivity contribution in [2.24, 2.45) is 62.9 Å². The van der Waals surface area contributed by atoms with Crippen LogP contribution < -0.4 is 104 Å². The highest BCUT2D eigenvalue weighted by Crippen LogP contribution is 2.20. The molecule has 2 heterocycles. The van der Waals surface area contributed by atoms with Gasteiger partial charge in [0.25, 0.3) is 0 Å². The predicted octanol–water partition coefficient (Wildman–Crippen LogP) is -5.59. The number of aromatic nitrogens is 3. The minimum atomic E-state index is -1.83. The number of hydrogen-bond donors (Lipinski definition) is 21. The number of guanidine groups is 1. The number of thioether (sulfide) groups is 1. The average Bonchev–Trinajstić information content (AvgIpc) is 1.66. The summed E-state index contributed by atoms with van der Waals surface area (Å²) in [5.41, 5.74) is 40.7. The smallest absolute Gasteiger partial charge is 0.243 e. The number of para-hydroxylation sites is 1. The van der Waals surface area contributed by atoms with Crippen molar-refractivity contribution in [2.75, 3.05) is 38.2 Å². The number of H-pyrrole nitrogens is 2. The lowest BCUT2D eigenvalue weighted by molar-refractivity contribution is -0.136. The molecule has 28 N–H and O–H groups in total. The Kier molecular flexibility index (Phi) is 39.3. The molecule has 1 aromatic carbocycles. The summed E-state index contributed by atoms with van der Waals surface area (Å²) in [6, 6.07) is -7.97. The Labute approximate surface area is 619 Å². The van der Waals surface area contributed by atoms with Gasteiger partial charge in [0.2, 0.25) is 88.6 Å². The fourth-order valence-electron chi connectivity index (χ4n) is 10.8. The number of fused-ring (bicyclic) bond motifs is 1. The van der Waals surface area contributed by atoms with E-state index in [0.29, 0.717) is 47.3 Å². The van der Waals surface area contributed by atoms with Crippen LogP contribution in [0.15, 0.2) is 48.0 Å². The van der Waals surface area contributed by atoms with E-state index in [4.69, 9.17) is 40.1 Å². The quantitative estimate of drug-likeness (QED) is 0.0142. The number of benzene rings is 1. The van der Waals surface area contributed by atoms with Crippen LogP contribution in [0.25, 0.3) is 10.9 Å². The molecule has 0 radical (unpaired) electrons. The van der Waals surface area contributed by atoms with Crippen LogP contribution in [0.3, 0.4) is 0 Å². The van der Waals surface area contributed by atoms with E-state index in [1.807, 2.05) is 20.1 Å². The van der Waals surface area contributed by atoms with E-state index in [0.717, 1.165) is 0 Å². The number of aromatic amines is 2. The van der Waals surface area contributed by atoms with Crippen molar-refractivity contribution in [1.29, 1.82) is 0 Å². The van der Waals surface area contributed by atoms with E-state index >= 15 is 0 Å². The zero-order valence-electron chi connectivity index (χ0n) is 61.3. The summed E-state index contributed by atoms with van der Waals surface area (Å²) < 4.78 is 0. The van der Waals surface area contributed by atoms with Crippen molar-refractivity contribution in [3.8, 4) is 0 Å². The third kappa shape index (κ3) is 33.1. The Morgan fingerprint density at radius 3 is 1.61 bits per heavy atom. The largest absolute Gasteiger partial charge is 0.370 e. The van der Waals surface area contributed by atoms with Crippen molar-refractivity contribution >= 4 is 117 Å². The zero-order chi connectivity index (χ0) is 79.3. The normalized spacial score (nSPS) is 14.3. The molecule has 588 valence electrons. The van der Waals surface area contributed by atoms with Crippen LogP contribution in [0.5, 0.6) is 0 Å². The number of nitrogens with one attached hydrogen (secondary N) is 14. The highest BCUT2D eigenvalue weighted by Gasteiger charge is 2.36. The molecule has 3 aromatic rings. The first-order chi connectivity index (χ1) is 50.0. The molecule has 38 nitrogen and oxygen atoms in total. The van der Waals surface area contributed by atoms with Gasteiger partial charge in [-0.05, 0) is 106 Å². The lowest BCUT2D eigenvalue weighted by Crippen LogP contribution is -2.60. The lowest BCUT2D eigenvalue weighted by Gasteiger charge is -2.27. The second-order valence-corrected chi connectivity index (χ2v) is 27.8. The maximum Gasteiger partial charge on any atom is 0.243 e. The minimum absolute atomic E-state index is 0.0233. The van der Waals surface area contributed by atoms with Gasteiger partial charge < -0.3 is 114 Å². The van der Waals surface area contributed by atoms with Gasteiger partial charge in [0.05, 0.1) is 31.9 Å². The van der Waals surface area contributed by atoms with Gasteiger partial charge in [0, 0.05) is 54.8 Å². The molecule has 0 saturated heterocycles. The number of aliphatic imine (C=N–C) groups is 1. The second-order valence-electron chi connectivity index (χ2n) is 26.8. The summed E-state index contributed by atoms with van der Waals surface area (Å²) in [4.78, 5) is 217. The molecule has 0 aliphatic heterocycles. The monoisotopic (exact) mass is 1510 g/mol. The van der Waals surface area contributed by atoms with E-state index in [2.05, 4.69) is 83.7 Å². The topological polar surface area (TPSA) is 639 Å². The molecule has 0 fully saturated rings. The van der Waals surface area contributed by atoms with E-state index in [9.17, 15) is 71.9 Å². The Morgan fingerprint density at radius 2 is 1.05 bits per heavy atom. The number of nitrogens with zero attached hydrogens (tertiary/aromatic N) is 2. The third-order valence-electron chi connectivity index (χ3n) is 16.4. The average molecular weight is 1510 g/mol. The molecule has 39 heteroatoms. The summed E-state index contributed by atoms with van der Waals surface area (Å²) in [7, 11) is 0. The van der Waals surface area contributed by atoms with E-state index in [1.165, 1.54) is 31.2 Å². The van der Waals surface area contributed by atoms with E-state index in [-0.39, 0.29) is 75.7 Å². The van der Waals surface area contributed by atoms with Crippen LogP contribution in [0, 0.1) is 17.8 Å². The Morgan fingerprint density at radius 1 is 0.519 bits per heavy atom. The van der Waals surface area contributed by atoms with Gasteiger partial charge in [0.15, 0.2) is 5.96 Å². The molecule has 11 atom stereocenters. The fraction of sp³-hybridized carbons (Fsp3) is 0.597. The van der Waals surface area contributed by atoms with Crippen LogP contribution in [-0.2, 0) is 84.8 Å². The van der Waals surface area contributed by atoms with Crippen molar-refractivity contribution in [3.63, 3.8) is 0 Å². The highest BCUT2D eigenvalue weighted by molar-refractivity contribution is 7.98. The SMILES string of the molecule is CSCC[C@H](NC(=O)[C@H](CC(C)C)NC(=O)[C@H](Cc1cnc[nH]1)NC(=O)CNC(=O)[C@@H](NC(=O)[C@H](C)NC(=O)[C@H](Cc1c[nH]c2ccccc12)NC(=O)[C@H](CCC(N)=O)NC(=O)[C@H](CC(N)=O)NC(=O)CNC(=O)[C@H](CC(C)C)NC(=O)[C@H](CCCN=C(N)N)NC(=O)[C@@H](N)CCCCN)C(C)C)C(N)=O. The van der Waals surface area contributed by atoms with Crippen molar-refractivity contribution < 1.29 is 71.9 Å². The molecule has 0 saturated carbocycles. The minimum Gasteiger partial charge on any atom is -0.370 e. The van der Waals surface area contributed by atoms with E-state index in [1.54, 1.807) is 58.2 Å². The molecule has 15 amide bonds. The number of nitrogens with two attached hydrogens (primary N) is 7. The van der Waals surface area contributed by atoms with Gasteiger partial charge in [-0.3, -0.25) is 76.9 Å². The molecule has 0 bridgehead atoms. The number of amides is 15. The van der Waals surface area contributed by atoms with Gasteiger partial charge in [-0.2, -0.15) is 11.8 Å². The summed E-state index contributed by atoms with van der Waals surface area (Å²) in [5, 5.41) is 31.0. The Hall–Kier alpha value is -10.4. The van der Waals surface area contributed by atoms with Crippen LogP contribution in [0.1, 0.15) is 130 Å². The molecule has 0 aliphatic carbocycles. The molecule has 3 rings (SSSR count). The van der Waals surface area contributed by atoms with Crippen molar-refractivity contribution in [2.45, 2.75) is 198 Å². The van der Waals surface area contributed by atoms with Gasteiger partial charge >= 0.3 is 0 Å². The summed E-state index contributed by atoms with van der Waals surface area (Å²) in [5.74, 6) is -14.1. The first kappa shape index (κ1) is 89.8.